The summed E-state index contributed by atoms with van der Waals surface area (Å²) in [5.74, 6) is 0. The molecule has 0 spiro atoms. The Bertz CT molecular complexity index is 290. The van der Waals surface area contributed by atoms with Crippen LogP contribution in [0.3, 0.4) is 0 Å². The maximum absolute atomic E-state index is 5.84. The minimum absolute atomic E-state index is 0.292. The maximum Gasteiger partial charge on any atom is 0.0616 e. The lowest BCUT2D eigenvalue weighted by Gasteiger charge is -2.19. The summed E-state index contributed by atoms with van der Waals surface area (Å²) in [5.41, 5.74) is 1.38. The predicted octanol–water partition coefficient (Wildman–Crippen LogP) is 3.99. The van der Waals surface area contributed by atoms with Crippen LogP contribution >= 0.6 is 0 Å². The first-order valence-electron chi connectivity index (χ1n) is 6.02. The quantitative estimate of drug-likeness (QED) is 0.629. The van der Waals surface area contributed by atoms with Crippen LogP contribution in [-0.4, -0.2) is 12.2 Å². The van der Waals surface area contributed by atoms with Crippen molar-refractivity contribution in [2.24, 2.45) is 0 Å². The van der Waals surface area contributed by atoms with Crippen LogP contribution in [0.2, 0.25) is 0 Å². The molecule has 1 heteroatoms. The molecule has 0 amide bonds. The van der Waals surface area contributed by atoms with Crippen LogP contribution < -0.4 is 0 Å². The first-order valence-corrected chi connectivity index (χ1v) is 6.02. The van der Waals surface area contributed by atoms with Gasteiger partial charge in [0.15, 0.2) is 0 Å². The fourth-order valence-electron chi connectivity index (χ4n) is 1.78. The Morgan fingerprint density at radius 3 is 2.50 bits per heavy atom. The monoisotopic (exact) mass is 218 g/mol. The zero-order chi connectivity index (χ0) is 11.8. The number of benzene rings is 1. The highest BCUT2D eigenvalue weighted by Gasteiger charge is 2.09. The molecule has 1 aromatic carbocycles. The smallest absolute Gasteiger partial charge is 0.0616 e. The van der Waals surface area contributed by atoms with Crippen molar-refractivity contribution >= 4 is 0 Å². The highest BCUT2D eigenvalue weighted by atomic mass is 16.5. The van der Waals surface area contributed by atoms with Gasteiger partial charge in [-0.1, -0.05) is 36.4 Å². The molecule has 0 aliphatic rings. The number of aryl methyl sites for hydroxylation is 1. The summed E-state index contributed by atoms with van der Waals surface area (Å²) in [7, 11) is 0. The van der Waals surface area contributed by atoms with Crippen molar-refractivity contribution in [2.45, 2.75) is 45.3 Å². The fraction of sp³-hybridized carbons (Fsp3) is 0.467. The lowest BCUT2D eigenvalue weighted by molar-refractivity contribution is 0.00545. The third-order valence-electron chi connectivity index (χ3n) is 2.49. The van der Waals surface area contributed by atoms with Gasteiger partial charge in [-0.05, 0) is 38.7 Å². The van der Waals surface area contributed by atoms with Crippen molar-refractivity contribution in [2.75, 3.05) is 0 Å². The summed E-state index contributed by atoms with van der Waals surface area (Å²) < 4.78 is 5.84. The highest BCUT2D eigenvalue weighted by Crippen LogP contribution is 2.12. The van der Waals surface area contributed by atoms with Gasteiger partial charge in [-0.15, -0.1) is 6.58 Å². The van der Waals surface area contributed by atoms with Gasteiger partial charge in [0, 0.05) is 0 Å². The van der Waals surface area contributed by atoms with Crippen LogP contribution in [0.4, 0.5) is 0 Å². The summed E-state index contributed by atoms with van der Waals surface area (Å²) >= 11 is 0. The number of ether oxygens (including phenoxy) is 1. The lowest BCUT2D eigenvalue weighted by atomic mass is 10.0. The van der Waals surface area contributed by atoms with Gasteiger partial charge in [0.2, 0.25) is 0 Å². The average Bonchev–Trinajstić information content (AvgIpc) is 2.27. The molecule has 1 nitrogen and oxygen atoms in total. The van der Waals surface area contributed by atoms with E-state index in [4.69, 9.17) is 4.74 Å². The Balaban J connectivity index is 2.40. The molecule has 1 atom stereocenters. The molecule has 0 heterocycles. The van der Waals surface area contributed by atoms with Crippen LogP contribution in [0.15, 0.2) is 43.0 Å². The van der Waals surface area contributed by atoms with Crippen molar-refractivity contribution in [1.29, 1.82) is 0 Å². The van der Waals surface area contributed by atoms with E-state index in [0.29, 0.717) is 12.2 Å². The normalized spacial score (nSPS) is 12.7. The molecule has 16 heavy (non-hydrogen) atoms. The first kappa shape index (κ1) is 13.0. The molecule has 0 aliphatic carbocycles. The predicted molar refractivity (Wildman–Crippen MR) is 69.6 cm³/mol. The van der Waals surface area contributed by atoms with Crippen LogP contribution in [0.1, 0.15) is 32.3 Å². The molecule has 1 rings (SSSR count). The minimum atomic E-state index is 0.292. The summed E-state index contributed by atoms with van der Waals surface area (Å²) in [4.78, 5) is 0. The van der Waals surface area contributed by atoms with Gasteiger partial charge in [0.25, 0.3) is 0 Å². The third kappa shape index (κ3) is 5.13. The van der Waals surface area contributed by atoms with Crippen molar-refractivity contribution in [3.8, 4) is 0 Å². The Morgan fingerprint density at radius 1 is 1.25 bits per heavy atom. The molecule has 1 unspecified atom stereocenters. The molecular weight excluding hydrogens is 196 g/mol. The van der Waals surface area contributed by atoms with Crippen LogP contribution in [0.25, 0.3) is 0 Å². The zero-order valence-corrected chi connectivity index (χ0v) is 10.4. The van der Waals surface area contributed by atoms with Crippen LogP contribution in [0, 0.1) is 0 Å². The second-order valence-electron chi connectivity index (χ2n) is 4.36. The molecule has 0 aromatic heterocycles. The maximum atomic E-state index is 5.84. The van der Waals surface area contributed by atoms with Crippen LogP contribution in [-0.2, 0) is 11.2 Å². The van der Waals surface area contributed by atoms with E-state index in [1.54, 1.807) is 0 Å². The minimum Gasteiger partial charge on any atom is -0.375 e. The Morgan fingerprint density at radius 2 is 1.94 bits per heavy atom. The van der Waals surface area contributed by atoms with Gasteiger partial charge in [-0.2, -0.15) is 0 Å². The van der Waals surface area contributed by atoms with E-state index >= 15 is 0 Å². The van der Waals surface area contributed by atoms with E-state index in [2.05, 4.69) is 50.8 Å². The third-order valence-corrected chi connectivity index (χ3v) is 2.49. The second-order valence-corrected chi connectivity index (χ2v) is 4.36. The Hall–Kier alpha value is -1.08. The number of rotatable bonds is 7. The van der Waals surface area contributed by atoms with Crippen molar-refractivity contribution in [3.05, 3.63) is 48.6 Å². The molecular formula is C15H22O. The molecule has 88 valence electrons. The number of hydrogen-bond acceptors (Lipinski definition) is 1. The van der Waals surface area contributed by atoms with E-state index in [1.807, 2.05) is 6.08 Å². The summed E-state index contributed by atoms with van der Waals surface area (Å²) in [6, 6.07) is 10.6. The summed E-state index contributed by atoms with van der Waals surface area (Å²) in [6.07, 6.45) is 5.61. The van der Waals surface area contributed by atoms with E-state index in [9.17, 15) is 0 Å². The summed E-state index contributed by atoms with van der Waals surface area (Å²) in [6.45, 7) is 7.95. The lowest BCUT2D eigenvalue weighted by Crippen LogP contribution is -2.18. The largest absolute Gasteiger partial charge is 0.375 e. The van der Waals surface area contributed by atoms with Crippen LogP contribution in [0.5, 0.6) is 0 Å². The first-order chi connectivity index (χ1) is 7.72. The molecule has 0 bridgehead atoms. The van der Waals surface area contributed by atoms with Gasteiger partial charge in [0.05, 0.1) is 12.2 Å². The van der Waals surface area contributed by atoms with Gasteiger partial charge in [-0.25, -0.2) is 0 Å². The van der Waals surface area contributed by atoms with Gasteiger partial charge >= 0.3 is 0 Å². The molecule has 0 saturated heterocycles. The van der Waals surface area contributed by atoms with E-state index in [0.717, 1.165) is 19.3 Å². The fourth-order valence-corrected chi connectivity index (χ4v) is 1.78. The molecule has 0 radical (unpaired) electrons. The Labute approximate surface area is 99.1 Å². The Kier molecular flexibility index (Phi) is 5.87. The van der Waals surface area contributed by atoms with Crippen molar-refractivity contribution < 1.29 is 4.74 Å². The average molecular weight is 218 g/mol. The molecule has 0 aliphatic heterocycles. The molecule has 0 N–H and O–H groups in total. The van der Waals surface area contributed by atoms with Crippen molar-refractivity contribution in [3.63, 3.8) is 0 Å². The zero-order valence-electron chi connectivity index (χ0n) is 10.4. The SMILES string of the molecule is C=CCC(CCc1ccccc1)OC(C)C. The highest BCUT2D eigenvalue weighted by molar-refractivity contribution is 5.14. The van der Waals surface area contributed by atoms with E-state index < -0.39 is 0 Å². The second kappa shape index (κ2) is 7.24. The van der Waals surface area contributed by atoms with Gasteiger partial charge in [0.1, 0.15) is 0 Å². The molecule has 0 saturated carbocycles. The van der Waals surface area contributed by atoms with Gasteiger partial charge in [-0.3, -0.25) is 0 Å². The van der Waals surface area contributed by atoms with E-state index in [1.165, 1.54) is 5.56 Å². The summed E-state index contributed by atoms with van der Waals surface area (Å²) in [5, 5.41) is 0. The van der Waals surface area contributed by atoms with E-state index in [-0.39, 0.29) is 0 Å². The van der Waals surface area contributed by atoms with Gasteiger partial charge < -0.3 is 4.74 Å². The molecule has 1 aromatic rings. The molecule has 0 fully saturated rings. The van der Waals surface area contributed by atoms with Crippen molar-refractivity contribution in [1.82, 2.24) is 0 Å². The number of hydrogen-bond donors (Lipinski definition) is 0. The standard InChI is InChI=1S/C15H22O/c1-4-8-15(16-13(2)3)12-11-14-9-6-5-7-10-14/h4-7,9-10,13,15H,1,8,11-12H2,2-3H3. The topological polar surface area (TPSA) is 9.23 Å².